The van der Waals surface area contributed by atoms with Gasteiger partial charge in [0.15, 0.2) is 0 Å². The Morgan fingerprint density at radius 2 is 1.86 bits per heavy atom. The summed E-state index contributed by atoms with van der Waals surface area (Å²) in [6.45, 7) is 12.0. The van der Waals surface area contributed by atoms with E-state index in [1.807, 2.05) is 46.3 Å². The van der Waals surface area contributed by atoms with Gasteiger partial charge in [-0.2, -0.15) is 5.10 Å². The molecule has 0 bridgehead atoms. The molecule has 0 radical (unpaired) electrons. The Hall–Kier alpha value is -1.36. The SMILES string of the molecule is Cc1nn(C)c(C)c1CC(C)C(=O)N(CC(C)O)C(C)C. The Kier molecular flexibility index (Phi) is 5.96. The molecule has 1 heterocycles. The van der Waals surface area contributed by atoms with Gasteiger partial charge < -0.3 is 10.0 Å². The van der Waals surface area contributed by atoms with Crippen molar-refractivity contribution in [1.29, 1.82) is 0 Å². The monoisotopic (exact) mass is 295 g/mol. The number of rotatable bonds is 6. The maximum absolute atomic E-state index is 12.6. The molecule has 0 saturated carbocycles. The van der Waals surface area contributed by atoms with Crippen LogP contribution in [0.1, 0.15) is 44.6 Å². The lowest BCUT2D eigenvalue weighted by molar-refractivity contribution is -0.138. The molecule has 120 valence electrons. The molecule has 1 amide bonds. The molecule has 5 nitrogen and oxygen atoms in total. The quantitative estimate of drug-likeness (QED) is 0.871. The highest BCUT2D eigenvalue weighted by molar-refractivity contribution is 5.79. The molecule has 0 aromatic carbocycles. The first-order chi connectivity index (χ1) is 9.65. The highest BCUT2D eigenvalue weighted by Crippen LogP contribution is 2.19. The van der Waals surface area contributed by atoms with Crippen LogP contribution in [0.3, 0.4) is 0 Å². The normalized spacial score (nSPS) is 14.3. The van der Waals surface area contributed by atoms with Gasteiger partial charge in [-0.25, -0.2) is 0 Å². The molecular formula is C16H29N3O2. The molecule has 0 spiro atoms. The van der Waals surface area contributed by atoms with E-state index in [0.29, 0.717) is 13.0 Å². The van der Waals surface area contributed by atoms with Crippen LogP contribution < -0.4 is 0 Å². The summed E-state index contributed by atoms with van der Waals surface area (Å²) in [5, 5.41) is 14.0. The Balaban J connectivity index is 2.86. The van der Waals surface area contributed by atoms with E-state index in [4.69, 9.17) is 0 Å². The van der Waals surface area contributed by atoms with Gasteiger partial charge in [-0.3, -0.25) is 9.48 Å². The lowest BCUT2D eigenvalue weighted by Gasteiger charge is -2.30. The number of amides is 1. The second kappa shape index (κ2) is 7.07. The summed E-state index contributed by atoms with van der Waals surface area (Å²) in [4.78, 5) is 14.4. The number of carbonyl (C=O) groups excluding carboxylic acids is 1. The number of hydrogen-bond donors (Lipinski definition) is 1. The fraction of sp³-hybridized carbons (Fsp3) is 0.750. The summed E-state index contributed by atoms with van der Waals surface area (Å²) in [7, 11) is 1.92. The number of carbonyl (C=O) groups is 1. The van der Waals surface area contributed by atoms with Crippen LogP contribution in [-0.2, 0) is 18.3 Å². The zero-order valence-electron chi connectivity index (χ0n) is 14.3. The average molecular weight is 295 g/mol. The lowest BCUT2D eigenvalue weighted by Crippen LogP contribution is -2.44. The predicted molar refractivity (Wildman–Crippen MR) is 84.1 cm³/mol. The maximum atomic E-state index is 12.6. The predicted octanol–water partition coefficient (Wildman–Crippen LogP) is 1.83. The zero-order valence-corrected chi connectivity index (χ0v) is 14.3. The molecule has 0 saturated heterocycles. The summed E-state index contributed by atoms with van der Waals surface area (Å²) in [6, 6.07) is 0.0886. The van der Waals surface area contributed by atoms with Gasteiger partial charge in [0, 0.05) is 31.2 Å². The molecule has 2 atom stereocenters. The number of aliphatic hydroxyl groups excluding tert-OH is 1. The summed E-state index contributed by atoms with van der Waals surface area (Å²) in [5.41, 5.74) is 3.25. The smallest absolute Gasteiger partial charge is 0.226 e. The molecule has 0 fully saturated rings. The fourth-order valence-electron chi connectivity index (χ4n) is 2.63. The molecule has 0 aliphatic carbocycles. The van der Waals surface area contributed by atoms with Crippen LogP contribution in [0.15, 0.2) is 0 Å². The molecule has 5 heteroatoms. The van der Waals surface area contributed by atoms with E-state index in [1.165, 1.54) is 0 Å². The number of nitrogens with zero attached hydrogens (tertiary/aromatic N) is 3. The second-order valence-corrected chi connectivity index (χ2v) is 6.31. The van der Waals surface area contributed by atoms with Gasteiger partial charge in [0.25, 0.3) is 0 Å². The standard InChI is InChI=1S/C16H29N3O2/c1-10(2)19(9-12(4)20)16(21)11(3)8-15-13(5)17-18(7)14(15)6/h10-12,20H,8-9H2,1-7H3. The number of hydrogen-bond acceptors (Lipinski definition) is 3. The molecule has 2 unspecified atom stereocenters. The lowest BCUT2D eigenvalue weighted by atomic mass is 9.97. The third-order valence-electron chi connectivity index (χ3n) is 3.96. The maximum Gasteiger partial charge on any atom is 0.226 e. The number of aromatic nitrogens is 2. The molecule has 1 aromatic rings. The fourth-order valence-corrected chi connectivity index (χ4v) is 2.63. The van der Waals surface area contributed by atoms with Gasteiger partial charge in [0.1, 0.15) is 0 Å². The molecule has 0 aliphatic rings. The highest BCUT2D eigenvalue weighted by atomic mass is 16.3. The van der Waals surface area contributed by atoms with Gasteiger partial charge in [0.2, 0.25) is 5.91 Å². The van der Waals surface area contributed by atoms with E-state index >= 15 is 0 Å². The van der Waals surface area contributed by atoms with Crippen molar-refractivity contribution in [1.82, 2.24) is 14.7 Å². The second-order valence-electron chi connectivity index (χ2n) is 6.31. The van der Waals surface area contributed by atoms with Crippen LogP contribution in [0, 0.1) is 19.8 Å². The van der Waals surface area contributed by atoms with Crippen molar-refractivity contribution in [3.8, 4) is 0 Å². The van der Waals surface area contributed by atoms with Crippen molar-refractivity contribution in [2.75, 3.05) is 6.54 Å². The van der Waals surface area contributed by atoms with Crippen molar-refractivity contribution >= 4 is 5.91 Å². The first-order valence-electron chi connectivity index (χ1n) is 7.62. The Morgan fingerprint density at radius 3 is 2.24 bits per heavy atom. The summed E-state index contributed by atoms with van der Waals surface area (Å²) in [5.74, 6) is -0.0266. The van der Waals surface area contributed by atoms with E-state index in [9.17, 15) is 9.90 Å². The molecule has 21 heavy (non-hydrogen) atoms. The third-order valence-corrected chi connectivity index (χ3v) is 3.96. The summed E-state index contributed by atoms with van der Waals surface area (Å²) in [6.07, 6.45) is 0.179. The minimum absolute atomic E-state index is 0.0886. The van der Waals surface area contributed by atoms with Gasteiger partial charge in [-0.05, 0) is 46.6 Å². The Labute approximate surface area is 127 Å². The van der Waals surface area contributed by atoms with E-state index in [2.05, 4.69) is 5.10 Å². The van der Waals surface area contributed by atoms with Gasteiger partial charge in [-0.1, -0.05) is 6.92 Å². The zero-order chi connectivity index (χ0) is 16.3. The molecule has 1 N–H and O–H groups in total. The minimum Gasteiger partial charge on any atom is -0.392 e. The van der Waals surface area contributed by atoms with Crippen LogP contribution in [0.4, 0.5) is 0 Å². The average Bonchev–Trinajstić information content (AvgIpc) is 2.61. The third kappa shape index (κ3) is 4.30. The summed E-state index contributed by atoms with van der Waals surface area (Å²) < 4.78 is 1.86. The Morgan fingerprint density at radius 1 is 1.29 bits per heavy atom. The van der Waals surface area contributed by atoms with Crippen molar-refractivity contribution in [2.24, 2.45) is 13.0 Å². The topological polar surface area (TPSA) is 58.4 Å². The van der Waals surface area contributed by atoms with Crippen LogP contribution in [0.25, 0.3) is 0 Å². The molecular weight excluding hydrogens is 266 g/mol. The molecule has 0 aliphatic heterocycles. The largest absolute Gasteiger partial charge is 0.392 e. The first-order valence-corrected chi connectivity index (χ1v) is 7.62. The van der Waals surface area contributed by atoms with Crippen molar-refractivity contribution < 1.29 is 9.90 Å². The summed E-state index contributed by atoms with van der Waals surface area (Å²) >= 11 is 0. The van der Waals surface area contributed by atoms with Crippen LogP contribution in [-0.4, -0.2) is 44.4 Å². The van der Waals surface area contributed by atoms with Gasteiger partial charge in [0.05, 0.1) is 11.8 Å². The van der Waals surface area contributed by atoms with Crippen molar-refractivity contribution in [3.63, 3.8) is 0 Å². The van der Waals surface area contributed by atoms with E-state index in [0.717, 1.165) is 17.0 Å². The van der Waals surface area contributed by atoms with Crippen LogP contribution >= 0.6 is 0 Å². The van der Waals surface area contributed by atoms with Crippen LogP contribution in [0.2, 0.25) is 0 Å². The van der Waals surface area contributed by atoms with Gasteiger partial charge >= 0.3 is 0 Å². The minimum atomic E-state index is -0.509. The van der Waals surface area contributed by atoms with E-state index < -0.39 is 6.10 Å². The van der Waals surface area contributed by atoms with Crippen molar-refractivity contribution in [2.45, 2.75) is 60.1 Å². The van der Waals surface area contributed by atoms with E-state index in [1.54, 1.807) is 11.8 Å². The highest BCUT2D eigenvalue weighted by Gasteiger charge is 2.25. The number of aryl methyl sites for hydroxylation is 2. The first kappa shape index (κ1) is 17.7. The van der Waals surface area contributed by atoms with Gasteiger partial charge in [-0.15, -0.1) is 0 Å². The molecule has 1 rings (SSSR count). The molecule has 1 aromatic heterocycles. The Bertz CT molecular complexity index is 492. The van der Waals surface area contributed by atoms with Crippen LogP contribution in [0.5, 0.6) is 0 Å². The number of aliphatic hydroxyl groups is 1. The van der Waals surface area contributed by atoms with E-state index in [-0.39, 0.29) is 17.9 Å². The van der Waals surface area contributed by atoms with Crippen molar-refractivity contribution in [3.05, 3.63) is 17.0 Å².